The van der Waals surface area contributed by atoms with Gasteiger partial charge in [-0.1, -0.05) is 25.1 Å². The second kappa shape index (κ2) is 3.66. The average Bonchev–Trinajstić information content (AvgIpc) is 2.91. The number of rotatable bonds is 2. The quantitative estimate of drug-likeness (QED) is 0.707. The van der Waals surface area contributed by atoms with Gasteiger partial charge in [0.05, 0.1) is 0 Å². The van der Waals surface area contributed by atoms with Crippen LogP contribution in [0.2, 0.25) is 0 Å². The molecule has 0 radical (unpaired) electrons. The molecule has 0 fully saturated rings. The van der Waals surface area contributed by atoms with Crippen LogP contribution in [0.4, 0.5) is 6.01 Å². The molecule has 0 unspecified atom stereocenters. The largest absolute Gasteiger partial charge is 0.428 e. The fraction of sp³-hybridized carbons (Fsp3) is 0.154. The smallest absolute Gasteiger partial charge is 0.292 e. The highest BCUT2D eigenvalue weighted by molar-refractivity contribution is 5.95. The number of aryl methyl sites for hydroxylation is 1. The Bertz CT molecular complexity index is 666. The van der Waals surface area contributed by atoms with Crippen molar-refractivity contribution in [2.45, 2.75) is 13.3 Å². The number of hydrogen-bond donors (Lipinski definition) is 2. The van der Waals surface area contributed by atoms with Crippen molar-refractivity contribution in [3.63, 3.8) is 0 Å². The van der Waals surface area contributed by atoms with E-state index in [0.717, 1.165) is 34.3 Å². The van der Waals surface area contributed by atoms with Crippen LogP contribution in [-0.4, -0.2) is 9.97 Å². The molecule has 0 bridgehead atoms. The van der Waals surface area contributed by atoms with Gasteiger partial charge in [0.15, 0.2) is 0 Å². The monoisotopic (exact) mass is 227 g/mol. The molecule has 86 valence electrons. The maximum atomic E-state index is 5.62. The van der Waals surface area contributed by atoms with Gasteiger partial charge in [-0.25, -0.2) is 0 Å². The van der Waals surface area contributed by atoms with Crippen LogP contribution in [-0.2, 0) is 6.42 Å². The van der Waals surface area contributed by atoms with Gasteiger partial charge < -0.3 is 15.1 Å². The van der Waals surface area contributed by atoms with Gasteiger partial charge in [-0.3, -0.25) is 0 Å². The molecule has 0 aliphatic carbocycles. The molecule has 0 amide bonds. The summed E-state index contributed by atoms with van der Waals surface area (Å²) >= 11 is 0. The first-order valence-corrected chi connectivity index (χ1v) is 5.61. The molecule has 3 rings (SSSR count). The molecule has 17 heavy (non-hydrogen) atoms. The van der Waals surface area contributed by atoms with E-state index < -0.39 is 0 Å². The number of nitrogen functional groups attached to an aromatic ring is 1. The lowest BCUT2D eigenvalue weighted by molar-refractivity contribution is 0.530. The van der Waals surface area contributed by atoms with Gasteiger partial charge in [-0.15, -0.1) is 0 Å². The third-order valence-electron chi connectivity index (χ3n) is 2.88. The highest BCUT2D eigenvalue weighted by Crippen LogP contribution is 2.31. The van der Waals surface area contributed by atoms with E-state index in [4.69, 9.17) is 10.2 Å². The maximum absolute atomic E-state index is 5.62. The summed E-state index contributed by atoms with van der Waals surface area (Å²) in [5, 5.41) is 1.13. The molecule has 2 aromatic heterocycles. The Kier molecular flexibility index (Phi) is 2.14. The van der Waals surface area contributed by atoms with Crippen molar-refractivity contribution in [1.82, 2.24) is 9.97 Å². The maximum Gasteiger partial charge on any atom is 0.292 e. The number of nitrogens with zero attached hydrogens (tertiary/aromatic N) is 1. The van der Waals surface area contributed by atoms with Gasteiger partial charge in [0.25, 0.3) is 6.01 Å². The van der Waals surface area contributed by atoms with Gasteiger partial charge >= 0.3 is 0 Å². The van der Waals surface area contributed by atoms with Crippen molar-refractivity contribution in [3.8, 4) is 11.3 Å². The standard InChI is InChI=1S/C13H13N3O/c1-2-11-12(16-13(14)17-11)9-7-15-10-6-4-3-5-8(9)10/h3-7,15H,2H2,1H3,(H2,14,16). The predicted octanol–water partition coefficient (Wildman–Crippen LogP) is 2.97. The molecule has 4 heteroatoms. The summed E-state index contributed by atoms with van der Waals surface area (Å²) in [5.41, 5.74) is 8.58. The molecule has 0 spiro atoms. The highest BCUT2D eigenvalue weighted by Gasteiger charge is 2.15. The lowest BCUT2D eigenvalue weighted by Gasteiger charge is -1.96. The van der Waals surface area contributed by atoms with E-state index in [-0.39, 0.29) is 6.01 Å². The van der Waals surface area contributed by atoms with Gasteiger partial charge in [0.1, 0.15) is 11.5 Å². The van der Waals surface area contributed by atoms with Crippen LogP contribution in [0, 0.1) is 0 Å². The number of para-hydroxylation sites is 1. The van der Waals surface area contributed by atoms with E-state index in [2.05, 4.69) is 16.0 Å². The number of benzene rings is 1. The molecule has 0 aliphatic heterocycles. The summed E-state index contributed by atoms with van der Waals surface area (Å²) < 4.78 is 5.39. The van der Waals surface area contributed by atoms with Crippen molar-refractivity contribution in [2.24, 2.45) is 0 Å². The van der Waals surface area contributed by atoms with Crippen LogP contribution < -0.4 is 5.73 Å². The van der Waals surface area contributed by atoms with Crippen molar-refractivity contribution >= 4 is 16.9 Å². The Morgan fingerprint density at radius 1 is 1.35 bits per heavy atom. The van der Waals surface area contributed by atoms with E-state index in [1.54, 1.807) is 0 Å². The minimum Gasteiger partial charge on any atom is -0.428 e. The third-order valence-corrected chi connectivity index (χ3v) is 2.88. The summed E-state index contributed by atoms with van der Waals surface area (Å²) in [6, 6.07) is 8.33. The minimum absolute atomic E-state index is 0.224. The van der Waals surface area contributed by atoms with E-state index in [1.807, 2.05) is 31.3 Å². The molecule has 0 aliphatic rings. The SMILES string of the molecule is CCc1oc(N)nc1-c1c[nH]c2ccccc12. The molecule has 3 aromatic rings. The summed E-state index contributed by atoms with van der Waals surface area (Å²) in [6.07, 6.45) is 2.72. The van der Waals surface area contributed by atoms with Crippen LogP contribution in [0.25, 0.3) is 22.2 Å². The third kappa shape index (κ3) is 1.49. The minimum atomic E-state index is 0.224. The topological polar surface area (TPSA) is 67.8 Å². The number of nitrogens with two attached hydrogens (primary N) is 1. The van der Waals surface area contributed by atoms with Crippen molar-refractivity contribution in [2.75, 3.05) is 5.73 Å². The van der Waals surface area contributed by atoms with Gasteiger partial charge in [-0.05, 0) is 6.07 Å². The van der Waals surface area contributed by atoms with Crippen LogP contribution in [0.1, 0.15) is 12.7 Å². The number of aromatic amines is 1. The summed E-state index contributed by atoms with van der Waals surface area (Å²) in [5.74, 6) is 0.826. The summed E-state index contributed by atoms with van der Waals surface area (Å²) in [6.45, 7) is 2.03. The lowest BCUT2D eigenvalue weighted by atomic mass is 10.1. The van der Waals surface area contributed by atoms with Gasteiger partial charge in [-0.2, -0.15) is 4.98 Å². The van der Waals surface area contributed by atoms with E-state index in [1.165, 1.54) is 0 Å². The lowest BCUT2D eigenvalue weighted by Crippen LogP contribution is -1.84. The Morgan fingerprint density at radius 3 is 3.00 bits per heavy atom. The van der Waals surface area contributed by atoms with Crippen molar-refractivity contribution in [1.29, 1.82) is 0 Å². The first-order valence-electron chi connectivity index (χ1n) is 5.61. The van der Waals surface area contributed by atoms with Crippen LogP contribution in [0.3, 0.4) is 0 Å². The zero-order chi connectivity index (χ0) is 11.8. The van der Waals surface area contributed by atoms with E-state index in [9.17, 15) is 0 Å². The molecule has 3 N–H and O–H groups in total. The molecule has 0 saturated carbocycles. The number of fused-ring (bicyclic) bond motifs is 1. The molecule has 0 atom stereocenters. The Hall–Kier alpha value is -2.23. The number of nitrogens with one attached hydrogen (secondary N) is 1. The Morgan fingerprint density at radius 2 is 2.18 bits per heavy atom. The zero-order valence-corrected chi connectivity index (χ0v) is 9.53. The summed E-state index contributed by atoms with van der Waals surface area (Å²) in [4.78, 5) is 7.49. The number of anilines is 1. The molecule has 1 aromatic carbocycles. The fourth-order valence-corrected chi connectivity index (χ4v) is 2.09. The van der Waals surface area contributed by atoms with Gasteiger partial charge in [0, 0.05) is 29.1 Å². The summed E-state index contributed by atoms with van der Waals surface area (Å²) in [7, 11) is 0. The van der Waals surface area contributed by atoms with Crippen molar-refractivity contribution < 1.29 is 4.42 Å². The molecule has 2 heterocycles. The van der Waals surface area contributed by atoms with Gasteiger partial charge in [0.2, 0.25) is 0 Å². The normalized spacial score (nSPS) is 11.1. The Balaban J connectivity index is 2.26. The molecular weight excluding hydrogens is 214 g/mol. The predicted molar refractivity (Wildman–Crippen MR) is 67.6 cm³/mol. The fourth-order valence-electron chi connectivity index (χ4n) is 2.09. The zero-order valence-electron chi connectivity index (χ0n) is 9.53. The van der Waals surface area contributed by atoms with Crippen LogP contribution in [0.15, 0.2) is 34.9 Å². The number of H-pyrrole nitrogens is 1. The van der Waals surface area contributed by atoms with Crippen molar-refractivity contribution in [3.05, 3.63) is 36.2 Å². The van der Waals surface area contributed by atoms with E-state index in [0.29, 0.717) is 0 Å². The van der Waals surface area contributed by atoms with Crippen LogP contribution in [0.5, 0.6) is 0 Å². The highest BCUT2D eigenvalue weighted by atomic mass is 16.4. The first kappa shape index (κ1) is 9.96. The average molecular weight is 227 g/mol. The van der Waals surface area contributed by atoms with Crippen LogP contribution >= 0.6 is 0 Å². The number of oxazole rings is 1. The second-order valence-electron chi connectivity index (χ2n) is 3.93. The molecule has 4 nitrogen and oxygen atoms in total. The number of hydrogen-bond acceptors (Lipinski definition) is 3. The molecular formula is C13H13N3O. The second-order valence-corrected chi connectivity index (χ2v) is 3.93. The Labute approximate surface area is 98.5 Å². The van der Waals surface area contributed by atoms with E-state index >= 15 is 0 Å². The number of aromatic nitrogens is 2. The molecule has 0 saturated heterocycles. The first-order chi connectivity index (χ1) is 8.29.